The smallest absolute Gasteiger partial charge is 0.212 e. The van der Waals surface area contributed by atoms with Crippen molar-refractivity contribution >= 4 is 43.0 Å². The minimum Gasteiger partial charge on any atom is -0.212 e. The summed E-state index contributed by atoms with van der Waals surface area (Å²) in [6.45, 7) is 5.30. The molecule has 0 saturated carbocycles. The lowest BCUT2D eigenvalue weighted by Crippen LogP contribution is -2.48. The molecule has 0 aromatic carbocycles. The van der Waals surface area contributed by atoms with E-state index in [2.05, 4.69) is 4.72 Å². The second-order valence-electron chi connectivity index (χ2n) is 5.46. The first-order valence-electron chi connectivity index (χ1n) is 6.07. The Bertz CT molecular complexity index is 689. The maximum Gasteiger partial charge on any atom is 0.250 e. The number of thiophene rings is 1. The van der Waals surface area contributed by atoms with E-state index in [4.69, 9.17) is 11.6 Å². The summed E-state index contributed by atoms with van der Waals surface area (Å²) < 4.78 is 51.6. The maximum absolute atomic E-state index is 12.0. The molecule has 0 saturated heterocycles. The maximum atomic E-state index is 12.0. The molecule has 6 nitrogen and oxygen atoms in total. The van der Waals surface area contributed by atoms with Crippen LogP contribution in [0.1, 0.15) is 20.8 Å². The third-order valence-corrected chi connectivity index (χ3v) is 7.28. The molecule has 1 aromatic rings. The van der Waals surface area contributed by atoms with Crippen molar-refractivity contribution < 1.29 is 16.8 Å². The molecule has 0 aliphatic rings. The molecule has 0 spiro atoms. The topological polar surface area (TPSA) is 83.6 Å². The lowest BCUT2D eigenvalue weighted by molar-refractivity contribution is 0.254. The Balaban J connectivity index is 2.76. The molecule has 0 aliphatic carbocycles. The predicted octanol–water partition coefficient (Wildman–Crippen LogP) is 1.74. The fourth-order valence-electron chi connectivity index (χ4n) is 1.79. The SMILES string of the molecule is CC(C)(C)N(CCNS(=O)(=O)c1ccc(Cl)s1)S(C)(=O)=O. The summed E-state index contributed by atoms with van der Waals surface area (Å²) in [5, 5.41) is 0. The normalized spacial score (nSPS) is 13.8. The third kappa shape index (κ3) is 5.50. The number of halogens is 1. The largest absolute Gasteiger partial charge is 0.250 e. The highest BCUT2D eigenvalue weighted by molar-refractivity contribution is 7.91. The molecular weight excluding hydrogens is 356 g/mol. The van der Waals surface area contributed by atoms with Gasteiger partial charge in [-0.25, -0.2) is 21.6 Å². The van der Waals surface area contributed by atoms with Gasteiger partial charge in [-0.1, -0.05) is 11.6 Å². The Kier molecular flexibility index (Phi) is 5.85. The number of nitrogens with one attached hydrogen (secondary N) is 1. The quantitative estimate of drug-likeness (QED) is 0.822. The summed E-state index contributed by atoms with van der Waals surface area (Å²) in [5.74, 6) is 0. The molecule has 0 atom stereocenters. The second kappa shape index (κ2) is 6.51. The van der Waals surface area contributed by atoms with Crippen LogP contribution >= 0.6 is 22.9 Å². The summed E-state index contributed by atoms with van der Waals surface area (Å²) in [6, 6.07) is 2.91. The van der Waals surface area contributed by atoms with E-state index >= 15 is 0 Å². The molecule has 122 valence electrons. The summed E-state index contributed by atoms with van der Waals surface area (Å²) in [6.07, 6.45) is 1.10. The molecule has 0 unspecified atom stereocenters. The van der Waals surface area contributed by atoms with Crippen molar-refractivity contribution in [1.29, 1.82) is 0 Å². The minimum atomic E-state index is -3.66. The Labute approximate surface area is 135 Å². The van der Waals surface area contributed by atoms with E-state index in [9.17, 15) is 16.8 Å². The number of rotatable bonds is 6. The average molecular weight is 375 g/mol. The van der Waals surface area contributed by atoms with E-state index in [1.807, 2.05) is 0 Å². The van der Waals surface area contributed by atoms with Crippen LogP contribution in [0.15, 0.2) is 16.3 Å². The van der Waals surface area contributed by atoms with Crippen LogP contribution in [0.3, 0.4) is 0 Å². The lowest BCUT2D eigenvalue weighted by Gasteiger charge is -2.33. The second-order valence-corrected chi connectivity index (χ2v) is 11.1. The number of hydrogen-bond acceptors (Lipinski definition) is 5. The summed E-state index contributed by atoms with van der Waals surface area (Å²) in [7, 11) is -7.08. The van der Waals surface area contributed by atoms with Gasteiger partial charge in [0.1, 0.15) is 4.21 Å². The van der Waals surface area contributed by atoms with Crippen molar-refractivity contribution in [2.45, 2.75) is 30.5 Å². The summed E-state index contributed by atoms with van der Waals surface area (Å²) in [5.41, 5.74) is -0.620. The van der Waals surface area contributed by atoms with E-state index in [1.54, 1.807) is 20.8 Å². The zero-order chi connectivity index (χ0) is 16.5. The Morgan fingerprint density at radius 3 is 2.19 bits per heavy atom. The molecule has 0 radical (unpaired) electrons. The van der Waals surface area contributed by atoms with Crippen LogP contribution in [0.2, 0.25) is 4.34 Å². The fraction of sp³-hybridized carbons (Fsp3) is 0.636. The first-order chi connectivity index (χ1) is 9.34. The van der Waals surface area contributed by atoms with Gasteiger partial charge in [-0.2, -0.15) is 4.31 Å². The molecule has 1 rings (SSSR count). The van der Waals surface area contributed by atoms with Gasteiger partial charge in [0.25, 0.3) is 0 Å². The molecule has 0 aliphatic heterocycles. The average Bonchev–Trinajstić information content (AvgIpc) is 2.68. The molecule has 0 amide bonds. The van der Waals surface area contributed by atoms with Crippen molar-refractivity contribution in [2.75, 3.05) is 19.3 Å². The van der Waals surface area contributed by atoms with Gasteiger partial charge in [0.05, 0.1) is 10.6 Å². The number of hydrogen-bond donors (Lipinski definition) is 1. The number of nitrogens with zero attached hydrogens (tertiary/aromatic N) is 1. The number of sulfonamides is 2. The van der Waals surface area contributed by atoms with Crippen molar-refractivity contribution in [1.82, 2.24) is 9.03 Å². The fourth-order valence-corrected chi connectivity index (χ4v) is 5.76. The first kappa shape index (κ1) is 18.9. The zero-order valence-electron chi connectivity index (χ0n) is 12.3. The van der Waals surface area contributed by atoms with Crippen molar-refractivity contribution in [3.05, 3.63) is 16.5 Å². The molecule has 1 heterocycles. The van der Waals surface area contributed by atoms with E-state index in [0.717, 1.165) is 17.6 Å². The van der Waals surface area contributed by atoms with E-state index in [-0.39, 0.29) is 17.3 Å². The van der Waals surface area contributed by atoms with Crippen LogP contribution in [0.25, 0.3) is 0 Å². The van der Waals surface area contributed by atoms with Crippen LogP contribution in [0.5, 0.6) is 0 Å². The van der Waals surface area contributed by atoms with Crippen molar-refractivity contribution in [3.8, 4) is 0 Å². The molecule has 1 aromatic heterocycles. The highest BCUT2D eigenvalue weighted by Gasteiger charge is 2.29. The molecule has 0 bridgehead atoms. The van der Waals surface area contributed by atoms with Gasteiger partial charge in [-0.05, 0) is 32.9 Å². The summed E-state index contributed by atoms with van der Waals surface area (Å²) >= 11 is 6.66. The summed E-state index contributed by atoms with van der Waals surface area (Å²) in [4.78, 5) is 0. The molecule has 1 N–H and O–H groups in total. The van der Waals surface area contributed by atoms with Crippen molar-refractivity contribution in [2.24, 2.45) is 0 Å². The highest BCUT2D eigenvalue weighted by atomic mass is 35.5. The van der Waals surface area contributed by atoms with E-state index in [0.29, 0.717) is 4.34 Å². The van der Waals surface area contributed by atoms with Crippen LogP contribution < -0.4 is 4.72 Å². The van der Waals surface area contributed by atoms with Crippen LogP contribution in [-0.4, -0.2) is 46.0 Å². The zero-order valence-corrected chi connectivity index (χ0v) is 15.5. The predicted molar refractivity (Wildman–Crippen MR) is 85.8 cm³/mol. The lowest BCUT2D eigenvalue weighted by atomic mass is 10.1. The van der Waals surface area contributed by atoms with Gasteiger partial charge in [0.15, 0.2) is 0 Å². The van der Waals surface area contributed by atoms with Gasteiger partial charge in [0.2, 0.25) is 20.0 Å². The van der Waals surface area contributed by atoms with E-state index in [1.165, 1.54) is 16.4 Å². The van der Waals surface area contributed by atoms with Gasteiger partial charge in [-0.3, -0.25) is 0 Å². The molecule has 0 fully saturated rings. The minimum absolute atomic E-state index is 0.0117. The van der Waals surface area contributed by atoms with Gasteiger partial charge < -0.3 is 0 Å². The standard InChI is InChI=1S/C11H19ClN2O4S3/c1-11(2,3)14(20(4,15)16)8-7-13-21(17,18)10-6-5-9(12)19-10/h5-6,13H,7-8H2,1-4H3. The van der Waals surface area contributed by atoms with E-state index < -0.39 is 25.6 Å². The Hall–Kier alpha value is -0.190. The van der Waals surface area contributed by atoms with Gasteiger partial charge >= 0.3 is 0 Å². The first-order valence-corrected chi connectivity index (χ1v) is 10.6. The molecule has 10 heteroatoms. The Morgan fingerprint density at radius 2 is 1.81 bits per heavy atom. The van der Waals surface area contributed by atoms with Crippen molar-refractivity contribution in [3.63, 3.8) is 0 Å². The Morgan fingerprint density at radius 1 is 1.24 bits per heavy atom. The molecular formula is C11H19ClN2O4S3. The van der Waals surface area contributed by atoms with Crippen LogP contribution in [0, 0.1) is 0 Å². The van der Waals surface area contributed by atoms with Crippen LogP contribution in [0.4, 0.5) is 0 Å². The van der Waals surface area contributed by atoms with Crippen LogP contribution in [-0.2, 0) is 20.0 Å². The van der Waals surface area contributed by atoms with Gasteiger partial charge in [-0.15, -0.1) is 11.3 Å². The molecule has 21 heavy (non-hydrogen) atoms. The van der Waals surface area contributed by atoms with Gasteiger partial charge in [0, 0.05) is 18.6 Å². The third-order valence-electron chi connectivity index (χ3n) is 2.57. The highest BCUT2D eigenvalue weighted by Crippen LogP contribution is 2.25. The monoisotopic (exact) mass is 374 g/mol.